The standard InChI is InChI=1S/C11H18ClN3O/c1-4-5-9(7-16-3)14-10-8(2)6-13-11(12)15-10/h6,9H,4-5,7H2,1-3H3,(H,13,14,15). The van der Waals surface area contributed by atoms with Gasteiger partial charge in [0, 0.05) is 18.9 Å². The van der Waals surface area contributed by atoms with E-state index < -0.39 is 0 Å². The number of aromatic nitrogens is 2. The Kier molecular flexibility index (Phi) is 5.49. The Hall–Kier alpha value is -0.870. The first-order valence-electron chi connectivity index (χ1n) is 5.42. The topological polar surface area (TPSA) is 47.0 Å². The molecule has 0 amide bonds. The highest BCUT2D eigenvalue weighted by molar-refractivity contribution is 6.28. The Bertz CT molecular complexity index is 327. The number of aryl methyl sites for hydroxylation is 1. The summed E-state index contributed by atoms with van der Waals surface area (Å²) in [5.41, 5.74) is 0.988. The second-order valence-electron chi connectivity index (χ2n) is 3.76. The lowest BCUT2D eigenvalue weighted by atomic mass is 10.2. The average Bonchev–Trinajstić information content (AvgIpc) is 2.24. The summed E-state index contributed by atoms with van der Waals surface area (Å²) < 4.78 is 5.16. The number of methoxy groups -OCH3 is 1. The zero-order valence-electron chi connectivity index (χ0n) is 9.96. The summed E-state index contributed by atoms with van der Waals surface area (Å²) >= 11 is 5.76. The van der Waals surface area contributed by atoms with Crippen molar-refractivity contribution in [1.82, 2.24) is 9.97 Å². The van der Waals surface area contributed by atoms with Crippen LogP contribution in [0.1, 0.15) is 25.3 Å². The fourth-order valence-electron chi connectivity index (χ4n) is 1.51. The molecule has 0 bridgehead atoms. The first kappa shape index (κ1) is 13.2. The van der Waals surface area contributed by atoms with E-state index in [0.717, 1.165) is 24.2 Å². The maximum absolute atomic E-state index is 5.76. The van der Waals surface area contributed by atoms with Crippen molar-refractivity contribution in [2.45, 2.75) is 32.7 Å². The van der Waals surface area contributed by atoms with Crippen LogP contribution in [0.5, 0.6) is 0 Å². The molecule has 0 aliphatic rings. The Labute approximate surface area is 101 Å². The molecule has 0 saturated carbocycles. The molecule has 1 rings (SSSR count). The van der Waals surface area contributed by atoms with Crippen LogP contribution >= 0.6 is 11.6 Å². The molecule has 1 unspecified atom stereocenters. The number of hydrogen-bond acceptors (Lipinski definition) is 4. The summed E-state index contributed by atoms with van der Waals surface area (Å²) in [4.78, 5) is 8.09. The molecule has 1 aromatic rings. The predicted octanol–water partition coefficient (Wildman–Crippen LogP) is 2.67. The van der Waals surface area contributed by atoms with Crippen LogP contribution in [0.4, 0.5) is 5.82 Å². The molecule has 0 aromatic carbocycles. The van der Waals surface area contributed by atoms with Gasteiger partial charge in [-0.2, -0.15) is 0 Å². The van der Waals surface area contributed by atoms with E-state index in [1.54, 1.807) is 13.3 Å². The van der Waals surface area contributed by atoms with E-state index in [1.165, 1.54) is 0 Å². The number of rotatable bonds is 6. The lowest BCUT2D eigenvalue weighted by Gasteiger charge is -2.18. The molecule has 1 aromatic heterocycles. The zero-order chi connectivity index (χ0) is 12.0. The van der Waals surface area contributed by atoms with Crippen LogP contribution < -0.4 is 5.32 Å². The van der Waals surface area contributed by atoms with Crippen molar-refractivity contribution in [2.75, 3.05) is 19.0 Å². The lowest BCUT2D eigenvalue weighted by molar-refractivity contribution is 0.182. The van der Waals surface area contributed by atoms with E-state index in [9.17, 15) is 0 Å². The normalized spacial score (nSPS) is 12.5. The number of nitrogens with one attached hydrogen (secondary N) is 1. The predicted molar refractivity (Wildman–Crippen MR) is 66.0 cm³/mol. The van der Waals surface area contributed by atoms with Crippen LogP contribution in [0.15, 0.2) is 6.20 Å². The maximum atomic E-state index is 5.76. The molecular formula is C11H18ClN3O. The maximum Gasteiger partial charge on any atom is 0.224 e. The molecule has 4 nitrogen and oxygen atoms in total. The van der Waals surface area contributed by atoms with E-state index in [0.29, 0.717) is 6.61 Å². The highest BCUT2D eigenvalue weighted by Gasteiger charge is 2.10. The number of halogens is 1. The van der Waals surface area contributed by atoms with Crippen molar-refractivity contribution in [2.24, 2.45) is 0 Å². The molecule has 1 N–H and O–H groups in total. The van der Waals surface area contributed by atoms with Crippen molar-refractivity contribution in [3.05, 3.63) is 17.0 Å². The molecule has 1 heterocycles. The molecule has 5 heteroatoms. The molecule has 0 aliphatic carbocycles. The van der Waals surface area contributed by atoms with Crippen LogP contribution in [0.2, 0.25) is 5.28 Å². The number of hydrogen-bond donors (Lipinski definition) is 1. The number of anilines is 1. The van der Waals surface area contributed by atoms with Gasteiger partial charge in [0.1, 0.15) is 5.82 Å². The summed E-state index contributed by atoms with van der Waals surface area (Å²) in [6.07, 6.45) is 3.85. The van der Waals surface area contributed by atoms with Gasteiger partial charge < -0.3 is 10.1 Å². The fourth-order valence-corrected chi connectivity index (χ4v) is 1.64. The summed E-state index contributed by atoms with van der Waals surface area (Å²) in [6, 6.07) is 0.264. The lowest BCUT2D eigenvalue weighted by Crippen LogP contribution is -2.25. The number of nitrogens with zero attached hydrogens (tertiary/aromatic N) is 2. The summed E-state index contributed by atoms with van der Waals surface area (Å²) in [5, 5.41) is 3.59. The van der Waals surface area contributed by atoms with E-state index >= 15 is 0 Å². The Morgan fingerprint density at radius 2 is 2.31 bits per heavy atom. The molecule has 0 radical (unpaired) electrons. The van der Waals surface area contributed by atoms with Crippen LogP contribution in [0, 0.1) is 6.92 Å². The van der Waals surface area contributed by atoms with E-state index in [1.807, 2.05) is 6.92 Å². The van der Waals surface area contributed by atoms with Crippen LogP contribution in [-0.2, 0) is 4.74 Å². The number of ether oxygens (including phenoxy) is 1. The van der Waals surface area contributed by atoms with Gasteiger partial charge in [0.15, 0.2) is 0 Å². The molecule has 16 heavy (non-hydrogen) atoms. The van der Waals surface area contributed by atoms with Gasteiger partial charge in [-0.05, 0) is 24.9 Å². The highest BCUT2D eigenvalue weighted by atomic mass is 35.5. The molecule has 0 saturated heterocycles. The molecule has 90 valence electrons. The quantitative estimate of drug-likeness (QED) is 0.781. The van der Waals surface area contributed by atoms with Crippen LogP contribution in [0.3, 0.4) is 0 Å². The summed E-state index contributed by atoms with van der Waals surface area (Å²) in [5.74, 6) is 0.788. The fraction of sp³-hybridized carbons (Fsp3) is 0.636. The molecule has 1 atom stereocenters. The SMILES string of the molecule is CCCC(COC)Nc1nc(Cl)ncc1C. The van der Waals surface area contributed by atoms with Crippen molar-refractivity contribution in [1.29, 1.82) is 0 Å². The molecule has 0 aliphatic heterocycles. The first-order valence-corrected chi connectivity index (χ1v) is 5.79. The minimum atomic E-state index is 0.264. The Morgan fingerprint density at radius 1 is 1.56 bits per heavy atom. The minimum absolute atomic E-state index is 0.264. The first-order chi connectivity index (χ1) is 7.67. The van der Waals surface area contributed by atoms with Gasteiger partial charge in [0.05, 0.1) is 12.6 Å². The van der Waals surface area contributed by atoms with Gasteiger partial charge in [-0.15, -0.1) is 0 Å². The molecule has 0 spiro atoms. The Balaban J connectivity index is 2.71. The molecule has 0 fully saturated rings. The van der Waals surface area contributed by atoms with E-state index in [2.05, 4.69) is 22.2 Å². The summed E-state index contributed by atoms with van der Waals surface area (Å²) in [7, 11) is 1.70. The van der Waals surface area contributed by atoms with Gasteiger partial charge in [0.25, 0.3) is 0 Å². The smallest absolute Gasteiger partial charge is 0.224 e. The van der Waals surface area contributed by atoms with Crippen molar-refractivity contribution in [3.63, 3.8) is 0 Å². The van der Waals surface area contributed by atoms with E-state index in [4.69, 9.17) is 16.3 Å². The van der Waals surface area contributed by atoms with Gasteiger partial charge >= 0.3 is 0 Å². The van der Waals surface area contributed by atoms with Crippen molar-refractivity contribution in [3.8, 4) is 0 Å². The van der Waals surface area contributed by atoms with Gasteiger partial charge in [-0.3, -0.25) is 0 Å². The second kappa shape index (κ2) is 6.66. The monoisotopic (exact) mass is 243 g/mol. The third-order valence-electron chi connectivity index (χ3n) is 2.29. The minimum Gasteiger partial charge on any atom is -0.383 e. The van der Waals surface area contributed by atoms with E-state index in [-0.39, 0.29) is 11.3 Å². The third-order valence-corrected chi connectivity index (χ3v) is 2.47. The third kappa shape index (κ3) is 3.94. The van der Waals surface area contributed by atoms with Crippen molar-refractivity contribution >= 4 is 17.4 Å². The van der Waals surface area contributed by atoms with Crippen molar-refractivity contribution < 1.29 is 4.74 Å². The molecular weight excluding hydrogens is 226 g/mol. The zero-order valence-corrected chi connectivity index (χ0v) is 10.7. The highest BCUT2D eigenvalue weighted by Crippen LogP contribution is 2.15. The van der Waals surface area contributed by atoms with Gasteiger partial charge in [-0.1, -0.05) is 13.3 Å². The Morgan fingerprint density at radius 3 is 2.94 bits per heavy atom. The largest absolute Gasteiger partial charge is 0.383 e. The van der Waals surface area contributed by atoms with Crippen LogP contribution in [0.25, 0.3) is 0 Å². The average molecular weight is 244 g/mol. The summed E-state index contributed by atoms with van der Waals surface area (Å²) in [6.45, 7) is 4.76. The second-order valence-corrected chi connectivity index (χ2v) is 4.09. The van der Waals surface area contributed by atoms with Gasteiger partial charge in [-0.25, -0.2) is 9.97 Å². The van der Waals surface area contributed by atoms with Gasteiger partial charge in [0.2, 0.25) is 5.28 Å². The van der Waals surface area contributed by atoms with Crippen LogP contribution in [-0.4, -0.2) is 29.7 Å².